The third-order valence-electron chi connectivity index (χ3n) is 17.8. The minimum atomic E-state index is -1.62. The summed E-state index contributed by atoms with van der Waals surface area (Å²) >= 11 is 0. The number of ether oxygens (including phenoxy) is 3. The van der Waals surface area contributed by atoms with Crippen LogP contribution in [0.25, 0.3) is 0 Å². The molecule has 1 saturated heterocycles. The van der Waals surface area contributed by atoms with Crippen molar-refractivity contribution in [3.05, 3.63) is 85.1 Å². The van der Waals surface area contributed by atoms with Gasteiger partial charge in [0.1, 0.15) is 24.4 Å². The molecule has 6 N–H and O–H groups in total. The third kappa shape index (κ3) is 53.7. The molecule has 1 amide bonds. The van der Waals surface area contributed by atoms with E-state index in [1.165, 1.54) is 212 Å². The van der Waals surface area contributed by atoms with Crippen LogP contribution in [0.5, 0.6) is 0 Å². The molecule has 0 aliphatic carbocycles. The zero-order valence-electron chi connectivity index (χ0n) is 59.0. The number of nitrogens with one attached hydrogen (secondary N) is 1. The fourth-order valence-electron chi connectivity index (χ4n) is 11.7. The number of amides is 1. The van der Waals surface area contributed by atoms with Crippen molar-refractivity contribution in [1.82, 2.24) is 5.32 Å². The van der Waals surface area contributed by atoms with Gasteiger partial charge in [-0.1, -0.05) is 324 Å². The van der Waals surface area contributed by atoms with Crippen LogP contribution >= 0.6 is 0 Å². The minimum absolute atomic E-state index is 0.121. The topological polar surface area (TPSA) is 175 Å². The molecule has 0 aromatic rings. The first-order valence-corrected chi connectivity index (χ1v) is 38.4. The summed E-state index contributed by atoms with van der Waals surface area (Å²) < 4.78 is 17.7. The number of allylic oxidation sites excluding steroid dienone is 13. The van der Waals surface area contributed by atoms with Crippen LogP contribution in [0.2, 0.25) is 0 Å². The second-order valence-electron chi connectivity index (χ2n) is 26.4. The summed E-state index contributed by atoms with van der Waals surface area (Å²) in [5.41, 5.74) is 0. The summed E-state index contributed by atoms with van der Waals surface area (Å²) in [6, 6.07) is -1.03. The van der Waals surface area contributed by atoms with E-state index in [4.69, 9.17) is 14.2 Å². The van der Waals surface area contributed by atoms with Gasteiger partial charge in [0.25, 0.3) is 0 Å². The molecule has 1 aliphatic rings. The Morgan fingerprint density at radius 3 is 1.15 bits per heavy atom. The number of aliphatic hydroxyl groups excluding tert-OH is 5. The van der Waals surface area contributed by atoms with Gasteiger partial charge in [-0.15, -0.1) is 0 Å². The average molecular weight is 1280 g/mol. The third-order valence-corrected chi connectivity index (χ3v) is 17.8. The van der Waals surface area contributed by atoms with Crippen LogP contribution in [-0.4, -0.2) is 99.6 Å². The van der Waals surface area contributed by atoms with Crippen molar-refractivity contribution in [3.8, 4) is 0 Å². The van der Waals surface area contributed by atoms with Crippen LogP contribution in [0.15, 0.2) is 85.1 Å². The maximum Gasteiger partial charge on any atom is 0.306 e. The SMILES string of the molecule is CCCCC/C=C\C/C=C\C/C=C\CCCCCCCCCCCCCCCCC(=O)OC1C(OCC(NC(=O)C(O)CCCCCCCCCCC/C=C\C/C=C\C/C=C\CCCCC)C(O)/C=C/CCCCCCCCCCCCC)OC(CO)C(O)C1O. The lowest BCUT2D eigenvalue weighted by Crippen LogP contribution is -2.61. The van der Waals surface area contributed by atoms with Crippen molar-refractivity contribution in [1.29, 1.82) is 0 Å². The van der Waals surface area contributed by atoms with Crippen molar-refractivity contribution in [2.45, 2.75) is 397 Å². The number of aliphatic hydroxyl groups is 5. The van der Waals surface area contributed by atoms with E-state index < -0.39 is 67.4 Å². The van der Waals surface area contributed by atoms with Crippen molar-refractivity contribution in [2.24, 2.45) is 0 Å². The second kappa shape index (κ2) is 66.8. The molecule has 1 aliphatic heterocycles. The predicted octanol–water partition coefficient (Wildman–Crippen LogP) is 20.4. The number of hydrogen-bond acceptors (Lipinski definition) is 10. The highest BCUT2D eigenvalue weighted by Crippen LogP contribution is 2.26. The molecule has 91 heavy (non-hydrogen) atoms. The van der Waals surface area contributed by atoms with Crippen molar-refractivity contribution < 1.29 is 49.3 Å². The fraction of sp³-hybridized carbons (Fsp3) is 0.800. The first-order valence-electron chi connectivity index (χ1n) is 38.4. The Labute approximate surface area is 559 Å². The van der Waals surface area contributed by atoms with Gasteiger partial charge in [0, 0.05) is 6.42 Å². The Hall–Kier alpha value is -3.16. The van der Waals surface area contributed by atoms with Crippen LogP contribution < -0.4 is 5.32 Å². The number of carbonyl (C=O) groups is 2. The Kier molecular flexibility index (Phi) is 63.1. The van der Waals surface area contributed by atoms with Crippen LogP contribution in [0.3, 0.4) is 0 Å². The van der Waals surface area contributed by atoms with E-state index in [0.29, 0.717) is 12.8 Å². The molecule has 8 unspecified atom stereocenters. The van der Waals surface area contributed by atoms with E-state index >= 15 is 0 Å². The lowest BCUT2D eigenvalue weighted by atomic mass is 9.99. The van der Waals surface area contributed by atoms with E-state index in [9.17, 15) is 35.1 Å². The molecule has 11 heteroatoms. The number of hydrogen-bond donors (Lipinski definition) is 6. The normalized spacial score (nSPS) is 18.4. The van der Waals surface area contributed by atoms with Crippen LogP contribution in [0.4, 0.5) is 0 Å². The van der Waals surface area contributed by atoms with Crippen molar-refractivity contribution >= 4 is 11.9 Å². The summed E-state index contributed by atoms with van der Waals surface area (Å²) in [5.74, 6) is -1.19. The Bertz CT molecular complexity index is 1810. The molecular weight excluding hydrogens is 1130 g/mol. The van der Waals surface area contributed by atoms with E-state index in [0.717, 1.165) is 89.9 Å². The zero-order chi connectivity index (χ0) is 66.0. The first-order chi connectivity index (χ1) is 44.7. The number of carbonyl (C=O) groups excluding carboxylic acids is 2. The lowest BCUT2D eigenvalue weighted by molar-refractivity contribution is -0.305. The standard InChI is InChI=1S/C80H143NO10/c1-4-7-10-13-16-19-22-25-27-29-31-33-35-36-37-38-39-41-43-45-47-50-53-56-59-62-65-68-75(85)91-78-77(87)76(86)74(69-82)90-80(78)89-70-71(72(83)66-63-60-57-54-51-48-24-21-18-15-12-9-6-3)81-79(88)73(84)67-64-61-58-55-52-49-46-44-42-40-34-32-30-28-26-23-20-17-14-11-8-5-2/h16-17,19-20,25-28,31-34,63,66,71-74,76-78,80,82-84,86-87H,4-15,18,21-24,29-30,35-62,64-65,67-70H2,1-3H3,(H,81,88)/b19-16-,20-17-,27-25-,28-26-,33-31-,34-32-,66-63+. The van der Waals surface area contributed by atoms with Gasteiger partial charge < -0.3 is 45.1 Å². The summed E-state index contributed by atoms with van der Waals surface area (Å²) in [6.07, 6.45) is 79.0. The zero-order valence-corrected chi connectivity index (χ0v) is 59.0. The lowest BCUT2D eigenvalue weighted by Gasteiger charge is -2.41. The maximum absolute atomic E-state index is 13.5. The number of esters is 1. The van der Waals surface area contributed by atoms with Gasteiger partial charge in [0.2, 0.25) is 5.91 Å². The average Bonchev–Trinajstić information content (AvgIpc) is 1.11. The summed E-state index contributed by atoms with van der Waals surface area (Å²) in [7, 11) is 0. The van der Waals surface area contributed by atoms with E-state index in [1.54, 1.807) is 6.08 Å². The Morgan fingerprint density at radius 1 is 0.429 bits per heavy atom. The molecule has 0 bridgehead atoms. The summed E-state index contributed by atoms with van der Waals surface area (Å²) in [4.78, 5) is 26.8. The van der Waals surface area contributed by atoms with E-state index in [-0.39, 0.29) is 19.4 Å². The van der Waals surface area contributed by atoms with Gasteiger partial charge in [0.15, 0.2) is 12.4 Å². The van der Waals surface area contributed by atoms with Gasteiger partial charge in [-0.2, -0.15) is 0 Å². The molecule has 11 nitrogen and oxygen atoms in total. The Morgan fingerprint density at radius 2 is 0.758 bits per heavy atom. The van der Waals surface area contributed by atoms with Crippen molar-refractivity contribution in [2.75, 3.05) is 13.2 Å². The summed E-state index contributed by atoms with van der Waals surface area (Å²) in [6.45, 7) is 5.78. The van der Waals surface area contributed by atoms with Crippen molar-refractivity contribution in [3.63, 3.8) is 0 Å². The molecule has 0 aromatic carbocycles. The number of unbranched alkanes of at least 4 members (excludes halogenated alkanes) is 40. The second-order valence-corrected chi connectivity index (χ2v) is 26.4. The molecule has 0 aromatic heterocycles. The van der Waals surface area contributed by atoms with Gasteiger partial charge >= 0.3 is 5.97 Å². The molecule has 528 valence electrons. The quantitative estimate of drug-likeness (QED) is 0.0195. The largest absolute Gasteiger partial charge is 0.454 e. The van der Waals surface area contributed by atoms with Gasteiger partial charge in [-0.3, -0.25) is 9.59 Å². The highest BCUT2D eigenvalue weighted by Gasteiger charge is 2.47. The van der Waals surface area contributed by atoms with Gasteiger partial charge in [0.05, 0.1) is 25.4 Å². The maximum atomic E-state index is 13.5. The van der Waals surface area contributed by atoms with Crippen LogP contribution in [0, 0.1) is 0 Å². The molecule has 0 spiro atoms. The smallest absolute Gasteiger partial charge is 0.306 e. The predicted molar refractivity (Wildman–Crippen MR) is 384 cm³/mol. The molecule has 8 atom stereocenters. The van der Waals surface area contributed by atoms with E-state index in [2.05, 4.69) is 99.0 Å². The monoisotopic (exact) mass is 1280 g/mol. The van der Waals surface area contributed by atoms with Gasteiger partial charge in [-0.25, -0.2) is 0 Å². The van der Waals surface area contributed by atoms with E-state index in [1.807, 2.05) is 6.08 Å². The van der Waals surface area contributed by atoms with Gasteiger partial charge in [-0.05, 0) is 103 Å². The number of rotatable bonds is 66. The molecule has 0 radical (unpaired) electrons. The summed E-state index contributed by atoms with van der Waals surface area (Å²) in [5, 5.41) is 57.4. The minimum Gasteiger partial charge on any atom is -0.454 e. The molecular formula is C80H143NO10. The fourth-order valence-corrected chi connectivity index (χ4v) is 11.7. The highest BCUT2D eigenvalue weighted by atomic mass is 16.7. The molecule has 1 rings (SSSR count). The molecule has 1 fully saturated rings. The Balaban J connectivity index is 2.54. The molecule has 0 saturated carbocycles. The van der Waals surface area contributed by atoms with Crippen LogP contribution in [0.1, 0.15) is 348 Å². The van der Waals surface area contributed by atoms with Crippen LogP contribution in [-0.2, 0) is 23.8 Å². The molecule has 1 heterocycles. The first kappa shape index (κ1) is 85.9. The highest BCUT2D eigenvalue weighted by molar-refractivity contribution is 5.80.